The van der Waals surface area contributed by atoms with Crippen LogP contribution in [0.2, 0.25) is 0 Å². The van der Waals surface area contributed by atoms with Crippen molar-refractivity contribution in [2.24, 2.45) is 0 Å². The second-order valence-corrected chi connectivity index (χ2v) is 8.50. The summed E-state index contributed by atoms with van der Waals surface area (Å²) in [7, 11) is -1.50. The van der Waals surface area contributed by atoms with E-state index in [0.717, 1.165) is 11.1 Å². The standard InChI is InChI=1S/C23H20NO3P/c1-26-21-15-9-8-14-20(21)24-28(25)16-22(18-10-4-2-5-11-18)27-23(17-28)19-12-6-3-7-13-19/h2-17H,1H3,(H,24,25). The molecule has 1 aliphatic heterocycles. The number of benzene rings is 3. The molecule has 0 aromatic heterocycles. The molecule has 1 N–H and O–H groups in total. The summed E-state index contributed by atoms with van der Waals surface area (Å²) in [5.41, 5.74) is 2.40. The molecule has 0 saturated heterocycles. The normalized spacial score (nSPS) is 15.0. The molecule has 0 unspecified atom stereocenters. The molecule has 0 aliphatic carbocycles. The summed E-state index contributed by atoms with van der Waals surface area (Å²) in [6.45, 7) is 0. The first-order valence-electron chi connectivity index (χ1n) is 8.92. The largest absolute Gasteiger partial charge is 0.495 e. The third kappa shape index (κ3) is 3.88. The summed E-state index contributed by atoms with van der Waals surface area (Å²) in [6.07, 6.45) is 0. The lowest BCUT2D eigenvalue weighted by Crippen LogP contribution is -2.03. The third-order valence-electron chi connectivity index (χ3n) is 4.36. The smallest absolute Gasteiger partial charge is 0.220 e. The van der Waals surface area contributed by atoms with Gasteiger partial charge < -0.3 is 14.6 Å². The van der Waals surface area contributed by atoms with Gasteiger partial charge in [-0.1, -0.05) is 72.8 Å². The minimum atomic E-state index is -3.10. The van der Waals surface area contributed by atoms with Gasteiger partial charge in [-0.2, -0.15) is 0 Å². The number of hydrogen-bond acceptors (Lipinski definition) is 3. The summed E-state index contributed by atoms with van der Waals surface area (Å²) >= 11 is 0. The second kappa shape index (κ2) is 7.79. The first-order chi connectivity index (χ1) is 13.7. The molecule has 28 heavy (non-hydrogen) atoms. The number of hydrogen-bond donors (Lipinski definition) is 1. The Kier molecular flexibility index (Phi) is 5.05. The van der Waals surface area contributed by atoms with Crippen molar-refractivity contribution in [3.05, 3.63) is 108 Å². The van der Waals surface area contributed by atoms with Crippen molar-refractivity contribution in [3.63, 3.8) is 0 Å². The summed E-state index contributed by atoms with van der Waals surface area (Å²) in [6, 6.07) is 26.8. The highest BCUT2D eigenvalue weighted by atomic mass is 31.2. The fraction of sp³-hybridized carbons (Fsp3) is 0.0435. The molecule has 0 amide bonds. The molecule has 4 rings (SSSR count). The number of rotatable bonds is 5. The molecule has 5 heteroatoms. The molecular weight excluding hydrogens is 369 g/mol. The lowest BCUT2D eigenvalue weighted by molar-refractivity contribution is 0.417. The second-order valence-electron chi connectivity index (χ2n) is 6.34. The highest BCUT2D eigenvalue weighted by molar-refractivity contribution is 7.72. The monoisotopic (exact) mass is 389 g/mol. The van der Waals surface area contributed by atoms with Gasteiger partial charge in [-0.05, 0) is 12.1 Å². The van der Waals surface area contributed by atoms with Gasteiger partial charge in [0.05, 0.1) is 12.8 Å². The van der Waals surface area contributed by atoms with Crippen molar-refractivity contribution in [1.82, 2.24) is 0 Å². The lowest BCUT2D eigenvalue weighted by atomic mass is 10.2. The Morgan fingerprint density at radius 1 is 0.750 bits per heavy atom. The Morgan fingerprint density at radius 2 is 1.25 bits per heavy atom. The molecule has 140 valence electrons. The summed E-state index contributed by atoms with van der Waals surface area (Å²) in [5.74, 6) is 5.09. The van der Waals surface area contributed by atoms with Crippen molar-refractivity contribution < 1.29 is 14.0 Å². The predicted octanol–water partition coefficient (Wildman–Crippen LogP) is 6.41. The lowest BCUT2D eigenvalue weighted by Gasteiger charge is -2.24. The molecule has 4 nitrogen and oxygen atoms in total. The van der Waals surface area contributed by atoms with Gasteiger partial charge >= 0.3 is 0 Å². The number of para-hydroxylation sites is 2. The van der Waals surface area contributed by atoms with Crippen molar-refractivity contribution in [2.45, 2.75) is 0 Å². The van der Waals surface area contributed by atoms with Crippen LogP contribution in [0.5, 0.6) is 5.75 Å². The highest BCUT2D eigenvalue weighted by Crippen LogP contribution is 2.56. The third-order valence-corrected chi connectivity index (χ3v) is 6.18. The van der Waals surface area contributed by atoms with E-state index in [0.29, 0.717) is 23.0 Å². The average Bonchev–Trinajstić information content (AvgIpc) is 2.75. The van der Waals surface area contributed by atoms with Crippen LogP contribution in [0.15, 0.2) is 96.6 Å². The van der Waals surface area contributed by atoms with Crippen molar-refractivity contribution >= 4 is 24.5 Å². The summed E-state index contributed by atoms with van der Waals surface area (Å²) in [4.78, 5) is 0. The van der Waals surface area contributed by atoms with Gasteiger partial charge in [0, 0.05) is 22.8 Å². The zero-order valence-electron chi connectivity index (χ0n) is 15.4. The minimum absolute atomic E-state index is 0.563. The Balaban J connectivity index is 1.79. The van der Waals surface area contributed by atoms with Gasteiger partial charge in [0.1, 0.15) is 17.3 Å². The van der Waals surface area contributed by atoms with Gasteiger partial charge in [0.15, 0.2) is 0 Å². The van der Waals surface area contributed by atoms with Gasteiger partial charge in [0.2, 0.25) is 7.29 Å². The Labute approximate surface area is 164 Å². The SMILES string of the molecule is COc1ccccc1NP1(=O)C=C(c2ccccc2)OC(c2ccccc2)=C1. The highest BCUT2D eigenvalue weighted by Gasteiger charge is 2.27. The zero-order chi connectivity index (χ0) is 19.4. The van der Waals surface area contributed by atoms with E-state index >= 15 is 0 Å². The van der Waals surface area contributed by atoms with Crippen LogP contribution in [0.3, 0.4) is 0 Å². The molecule has 0 saturated carbocycles. The molecule has 0 fully saturated rings. The molecule has 3 aromatic carbocycles. The van der Waals surface area contributed by atoms with Crippen molar-refractivity contribution in [3.8, 4) is 5.75 Å². The van der Waals surface area contributed by atoms with Gasteiger partial charge in [-0.15, -0.1) is 0 Å². The number of nitrogens with one attached hydrogen (secondary N) is 1. The van der Waals surface area contributed by atoms with E-state index < -0.39 is 7.29 Å². The predicted molar refractivity (Wildman–Crippen MR) is 114 cm³/mol. The van der Waals surface area contributed by atoms with Crippen LogP contribution in [-0.2, 0) is 9.30 Å². The molecule has 1 aliphatic rings. The Morgan fingerprint density at radius 3 is 1.79 bits per heavy atom. The number of anilines is 1. The molecule has 3 aromatic rings. The minimum Gasteiger partial charge on any atom is -0.495 e. The van der Waals surface area contributed by atoms with Crippen LogP contribution in [0.4, 0.5) is 5.69 Å². The molecule has 0 atom stereocenters. The van der Waals surface area contributed by atoms with E-state index in [4.69, 9.17) is 9.47 Å². The zero-order valence-corrected chi connectivity index (χ0v) is 16.3. The average molecular weight is 389 g/mol. The fourth-order valence-corrected chi connectivity index (χ4v) is 4.88. The molecule has 0 radical (unpaired) electrons. The van der Waals surface area contributed by atoms with Crippen LogP contribution < -0.4 is 9.82 Å². The van der Waals surface area contributed by atoms with E-state index in [1.165, 1.54) is 0 Å². The maximum absolute atomic E-state index is 13.8. The van der Waals surface area contributed by atoms with Crippen LogP contribution in [0, 0.1) is 0 Å². The van der Waals surface area contributed by atoms with Crippen LogP contribution in [-0.4, -0.2) is 7.11 Å². The number of methoxy groups -OCH3 is 1. The maximum atomic E-state index is 13.8. The van der Waals surface area contributed by atoms with E-state index in [2.05, 4.69) is 5.09 Å². The Hall–Kier alpha value is -3.23. The summed E-state index contributed by atoms with van der Waals surface area (Å²) in [5, 5.41) is 3.17. The Bertz CT molecular complexity index is 1020. The van der Waals surface area contributed by atoms with E-state index in [-0.39, 0.29) is 0 Å². The van der Waals surface area contributed by atoms with Gasteiger partial charge in [-0.3, -0.25) is 4.57 Å². The van der Waals surface area contributed by atoms with E-state index in [9.17, 15) is 4.57 Å². The summed E-state index contributed by atoms with van der Waals surface area (Å²) < 4.78 is 25.4. The maximum Gasteiger partial charge on any atom is 0.220 e. The first kappa shape index (κ1) is 18.1. The number of ether oxygens (including phenoxy) is 2. The van der Waals surface area contributed by atoms with E-state index in [1.54, 1.807) is 18.7 Å². The van der Waals surface area contributed by atoms with Crippen molar-refractivity contribution in [2.75, 3.05) is 12.2 Å². The van der Waals surface area contributed by atoms with E-state index in [1.807, 2.05) is 84.9 Å². The fourth-order valence-electron chi connectivity index (χ4n) is 3.02. The quantitative estimate of drug-likeness (QED) is 0.512. The topological polar surface area (TPSA) is 47.6 Å². The first-order valence-corrected chi connectivity index (χ1v) is 10.8. The van der Waals surface area contributed by atoms with Gasteiger partial charge in [0.25, 0.3) is 0 Å². The molecule has 1 heterocycles. The molecular formula is C23H20NO3P. The molecule has 0 bridgehead atoms. The molecule has 0 spiro atoms. The van der Waals surface area contributed by atoms with Crippen molar-refractivity contribution in [1.29, 1.82) is 0 Å². The van der Waals surface area contributed by atoms with Gasteiger partial charge in [-0.25, -0.2) is 0 Å². The van der Waals surface area contributed by atoms with Crippen LogP contribution in [0.25, 0.3) is 11.5 Å². The van der Waals surface area contributed by atoms with Crippen LogP contribution >= 0.6 is 7.29 Å². The van der Waals surface area contributed by atoms with Crippen LogP contribution in [0.1, 0.15) is 11.1 Å².